The molecule has 2 nitrogen and oxygen atoms in total. The maximum absolute atomic E-state index is 9.24. The molecule has 2 rings (SSSR count). The molecule has 0 aliphatic carbocycles. The minimum atomic E-state index is 0.349. The molecule has 0 bridgehead atoms. The Kier molecular flexibility index (Phi) is 6.82. The van der Waals surface area contributed by atoms with Gasteiger partial charge in [-0.3, -0.25) is 0 Å². The number of hydrogen-bond acceptors (Lipinski definition) is 2. The highest BCUT2D eigenvalue weighted by Gasteiger charge is 1.97. The summed E-state index contributed by atoms with van der Waals surface area (Å²) in [5, 5.41) is 9.24. The summed E-state index contributed by atoms with van der Waals surface area (Å²) in [6.45, 7) is 0. The van der Waals surface area contributed by atoms with Gasteiger partial charge in [-0.15, -0.1) is 0 Å². The summed E-state index contributed by atoms with van der Waals surface area (Å²) in [5.74, 6) is 1.28. The van der Waals surface area contributed by atoms with E-state index in [2.05, 4.69) is 12.1 Å². The van der Waals surface area contributed by atoms with Crippen LogP contribution in [0.4, 0.5) is 0 Å². The number of benzene rings is 2. The summed E-state index contributed by atoms with van der Waals surface area (Å²) in [6, 6.07) is 15.9. The molecule has 118 valence electrons. The van der Waals surface area contributed by atoms with E-state index < -0.39 is 0 Å². The van der Waals surface area contributed by atoms with Crippen molar-refractivity contribution < 1.29 is 9.84 Å². The zero-order valence-electron chi connectivity index (χ0n) is 13.4. The van der Waals surface area contributed by atoms with E-state index in [9.17, 15) is 5.11 Å². The van der Waals surface area contributed by atoms with Crippen LogP contribution in [0.2, 0.25) is 0 Å². The second kappa shape index (κ2) is 9.14. The molecule has 2 heteroatoms. The summed E-state index contributed by atoms with van der Waals surface area (Å²) in [5.41, 5.74) is 2.71. The molecule has 0 heterocycles. The maximum Gasteiger partial charge on any atom is 0.118 e. The number of hydrogen-bond donors (Lipinski definition) is 1. The Balaban J connectivity index is 1.52. The number of rotatable bonds is 9. The average Bonchev–Trinajstić information content (AvgIpc) is 2.56. The van der Waals surface area contributed by atoms with Gasteiger partial charge in [0.25, 0.3) is 0 Å². The van der Waals surface area contributed by atoms with Gasteiger partial charge < -0.3 is 9.84 Å². The smallest absolute Gasteiger partial charge is 0.118 e. The maximum atomic E-state index is 9.24. The lowest BCUT2D eigenvalue weighted by Gasteiger charge is -2.04. The van der Waals surface area contributed by atoms with Crippen LogP contribution >= 0.6 is 0 Å². The lowest BCUT2D eigenvalue weighted by Crippen LogP contribution is -1.89. The molecule has 0 atom stereocenters. The van der Waals surface area contributed by atoms with Gasteiger partial charge in [0.1, 0.15) is 11.5 Å². The third-order valence-corrected chi connectivity index (χ3v) is 4.03. The predicted octanol–water partition coefficient (Wildman–Crippen LogP) is 5.14. The van der Waals surface area contributed by atoms with Crippen molar-refractivity contribution in [1.29, 1.82) is 0 Å². The van der Waals surface area contributed by atoms with Crippen molar-refractivity contribution in [1.82, 2.24) is 0 Å². The molecule has 0 spiro atoms. The normalized spacial score (nSPS) is 10.6. The van der Waals surface area contributed by atoms with E-state index in [4.69, 9.17) is 4.74 Å². The Labute approximate surface area is 133 Å². The van der Waals surface area contributed by atoms with Crippen LogP contribution in [0.5, 0.6) is 11.5 Å². The highest BCUT2D eigenvalue weighted by atomic mass is 16.5. The molecule has 0 saturated carbocycles. The molecule has 2 aromatic rings. The summed E-state index contributed by atoms with van der Waals surface area (Å²) in [4.78, 5) is 0. The van der Waals surface area contributed by atoms with E-state index in [1.165, 1.54) is 43.2 Å². The van der Waals surface area contributed by atoms with Crippen molar-refractivity contribution >= 4 is 0 Å². The van der Waals surface area contributed by atoms with Gasteiger partial charge >= 0.3 is 0 Å². The van der Waals surface area contributed by atoms with Gasteiger partial charge in [-0.25, -0.2) is 0 Å². The number of aromatic hydroxyl groups is 1. The van der Waals surface area contributed by atoms with Gasteiger partial charge in [0.05, 0.1) is 7.11 Å². The first-order valence-electron chi connectivity index (χ1n) is 8.19. The van der Waals surface area contributed by atoms with E-state index in [0.29, 0.717) is 5.75 Å². The second-order valence-corrected chi connectivity index (χ2v) is 5.78. The number of unbranched alkanes of at least 4 members (excludes halogenated alkanes) is 4. The fourth-order valence-electron chi connectivity index (χ4n) is 2.64. The first kappa shape index (κ1) is 16.4. The third kappa shape index (κ3) is 5.80. The molecule has 0 unspecified atom stereocenters. The van der Waals surface area contributed by atoms with Gasteiger partial charge in [-0.1, -0.05) is 43.5 Å². The van der Waals surface area contributed by atoms with Crippen molar-refractivity contribution in [3.63, 3.8) is 0 Å². The lowest BCUT2D eigenvalue weighted by molar-refractivity contribution is 0.414. The Morgan fingerprint density at radius 1 is 0.682 bits per heavy atom. The molecule has 0 aliphatic heterocycles. The van der Waals surface area contributed by atoms with Crippen molar-refractivity contribution in [3.8, 4) is 11.5 Å². The van der Waals surface area contributed by atoms with E-state index in [-0.39, 0.29) is 0 Å². The van der Waals surface area contributed by atoms with Crippen LogP contribution in [-0.2, 0) is 12.8 Å². The summed E-state index contributed by atoms with van der Waals surface area (Å²) in [6.07, 6.45) is 8.62. The van der Waals surface area contributed by atoms with Gasteiger partial charge in [0.2, 0.25) is 0 Å². The molecule has 0 fully saturated rings. The van der Waals surface area contributed by atoms with Crippen LogP contribution in [0.3, 0.4) is 0 Å². The Morgan fingerprint density at radius 3 is 1.64 bits per heavy atom. The third-order valence-electron chi connectivity index (χ3n) is 4.03. The van der Waals surface area contributed by atoms with Crippen molar-refractivity contribution in [3.05, 3.63) is 59.7 Å². The zero-order chi connectivity index (χ0) is 15.6. The predicted molar refractivity (Wildman–Crippen MR) is 91.6 cm³/mol. The number of aryl methyl sites for hydroxylation is 2. The largest absolute Gasteiger partial charge is 0.508 e. The number of methoxy groups -OCH3 is 1. The minimum Gasteiger partial charge on any atom is -0.508 e. The Bertz CT molecular complexity index is 529. The van der Waals surface area contributed by atoms with Gasteiger partial charge in [0.15, 0.2) is 0 Å². The van der Waals surface area contributed by atoms with Crippen LogP contribution in [0, 0.1) is 0 Å². The Hall–Kier alpha value is -1.96. The summed E-state index contributed by atoms with van der Waals surface area (Å²) in [7, 11) is 1.70. The standard InChI is InChI=1S/C20H26O2/c1-22-20-15-11-18(12-16-20)8-6-4-2-3-5-7-17-9-13-19(21)14-10-17/h9-16,21H,2-8H2,1H3. The number of ether oxygens (including phenoxy) is 1. The van der Waals surface area contributed by atoms with Crippen LogP contribution in [0.1, 0.15) is 43.2 Å². The molecular formula is C20H26O2. The zero-order valence-corrected chi connectivity index (χ0v) is 13.4. The molecule has 0 aromatic heterocycles. The second-order valence-electron chi connectivity index (χ2n) is 5.78. The van der Waals surface area contributed by atoms with Crippen LogP contribution in [0.25, 0.3) is 0 Å². The van der Waals surface area contributed by atoms with E-state index in [1.54, 1.807) is 19.2 Å². The minimum absolute atomic E-state index is 0.349. The van der Waals surface area contributed by atoms with Gasteiger partial charge in [-0.05, 0) is 61.1 Å². The average molecular weight is 298 g/mol. The molecule has 0 saturated heterocycles. The van der Waals surface area contributed by atoms with Crippen LogP contribution < -0.4 is 4.74 Å². The highest BCUT2D eigenvalue weighted by molar-refractivity contribution is 5.27. The van der Waals surface area contributed by atoms with Crippen molar-refractivity contribution in [2.45, 2.75) is 44.9 Å². The summed E-state index contributed by atoms with van der Waals surface area (Å²) < 4.78 is 5.17. The summed E-state index contributed by atoms with van der Waals surface area (Å²) >= 11 is 0. The van der Waals surface area contributed by atoms with Crippen LogP contribution in [-0.4, -0.2) is 12.2 Å². The molecule has 0 radical (unpaired) electrons. The van der Waals surface area contributed by atoms with Crippen molar-refractivity contribution in [2.75, 3.05) is 7.11 Å². The topological polar surface area (TPSA) is 29.5 Å². The molecule has 1 N–H and O–H groups in total. The SMILES string of the molecule is COc1ccc(CCCCCCCc2ccc(O)cc2)cc1. The fourth-order valence-corrected chi connectivity index (χ4v) is 2.64. The highest BCUT2D eigenvalue weighted by Crippen LogP contribution is 2.15. The van der Waals surface area contributed by atoms with Crippen molar-refractivity contribution in [2.24, 2.45) is 0 Å². The number of phenolic OH excluding ortho intramolecular Hbond substituents is 1. The Morgan fingerprint density at radius 2 is 1.14 bits per heavy atom. The van der Waals surface area contributed by atoms with Crippen LogP contribution in [0.15, 0.2) is 48.5 Å². The monoisotopic (exact) mass is 298 g/mol. The number of phenols is 1. The molecular weight excluding hydrogens is 272 g/mol. The lowest BCUT2D eigenvalue weighted by atomic mass is 10.0. The molecule has 0 amide bonds. The quantitative estimate of drug-likeness (QED) is 0.650. The first-order valence-corrected chi connectivity index (χ1v) is 8.19. The van der Waals surface area contributed by atoms with E-state index >= 15 is 0 Å². The van der Waals surface area contributed by atoms with Gasteiger partial charge in [-0.2, -0.15) is 0 Å². The molecule has 22 heavy (non-hydrogen) atoms. The molecule has 2 aromatic carbocycles. The van der Waals surface area contributed by atoms with E-state index in [1.807, 2.05) is 24.3 Å². The van der Waals surface area contributed by atoms with Gasteiger partial charge in [0, 0.05) is 0 Å². The molecule has 0 aliphatic rings. The van der Waals surface area contributed by atoms with E-state index in [0.717, 1.165) is 18.6 Å². The fraction of sp³-hybridized carbons (Fsp3) is 0.400. The first-order chi connectivity index (χ1) is 10.8.